The quantitative estimate of drug-likeness (QED) is 0.540. The fourth-order valence-corrected chi connectivity index (χ4v) is 3.31. The predicted octanol–water partition coefficient (Wildman–Crippen LogP) is 2.50. The Hall–Kier alpha value is -0.330. The smallest absolute Gasteiger partial charge is 0.139 e. The molecule has 3 fully saturated rings. The van der Waals surface area contributed by atoms with E-state index >= 15 is 0 Å². The maximum Gasteiger partial charge on any atom is 0.139 e. The molecule has 0 aromatic heterocycles. The predicted molar refractivity (Wildman–Crippen MR) is 48.7 cm³/mol. The summed E-state index contributed by atoms with van der Waals surface area (Å²) >= 11 is 0. The Morgan fingerprint density at radius 1 is 1.08 bits per heavy atom. The van der Waals surface area contributed by atoms with Gasteiger partial charge >= 0.3 is 0 Å². The van der Waals surface area contributed by atoms with Crippen molar-refractivity contribution < 1.29 is 4.79 Å². The van der Waals surface area contributed by atoms with Gasteiger partial charge in [0.15, 0.2) is 0 Å². The van der Waals surface area contributed by atoms with Gasteiger partial charge in [-0.25, -0.2) is 0 Å². The van der Waals surface area contributed by atoms with E-state index in [0.717, 1.165) is 5.92 Å². The molecular formula is C11H18O. The third-order valence-electron chi connectivity index (χ3n) is 4.41. The van der Waals surface area contributed by atoms with Crippen LogP contribution in [0, 0.1) is 29.6 Å². The molecule has 3 rings (SSSR count). The molecule has 0 heterocycles. The van der Waals surface area contributed by atoms with E-state index in [4.69, 9.17) is 0 Å². The van der Waals surface area contributed by atoms with E-state index in [1.807, 2.05) is 0 Å². The summed E-state index contributed by atoms with van der Waals surface area (Å²) < 4.78 is 0. The Labute approximate surface area is 74.5 Å². The number of rotatable bonds is 0. The van der Waals surface area contributed by atoms with E-state index < -0.39 is 0 Å². The highest BCUT2D eigenvalue weighted by atomic mass is 16.1. The molecule has 0 aromatic rings. The molecule has 0 saturated heterocycles. The fraction of sp³-hybridized carbons (Fsp3) is 0.909. The van der Waals surface area contributed by atoms with Crippen LogP contribution in [0.15, 0.2) is 0 Å². The van der Waals surface area contributed by atoms with Crippen LogP contribution in [0.1, 0.15) is 33.6 Å². The second-order valence-corrected chi connectivity index (χ2v) is 4.76. The van der Waals surface area contributed by atoms with Crippen LogP contribution in [-0.4, -0.2) is 5.78 Å². The van der Waals surface area contributed by atoms with Crippen LogP contribution in [0.2, 0.25) is 0 Å². The van der Waals surface area contributed by atoms with Crippen molar-refractivity contribution in [3.05, 3.63) is 0 Å². The highest BCUT2D eigenvalue weighted by Crippen LogP contribution is 2.49. The average Bonchev–Trinajstić information content (AvgIpc) is 2.05. The summed E-state index contributed by atoms with van der Waals surface area (Å²) in [4.78, 5) is 11.7. The van der Waals surface area contributed by atoms with Gasteiger partial charge < -0.3 is 0 Å². The van der Waals surface area contributed by atoms with Gasteiger partial charge in [-0.3, -0.25) is 4.79 Å². The van der Waals surface area contributed by atoms with Crippen LogP contribution < -0.4 is 0 Å². The SMILES string of the molecule is C[C@@H]1[C@H](C)[C@H]2CC[C@@H]1C(=O)[C@@H]2C. The number of carbonyl (C=O) groups excluding carboxylic acids is 1. The van der Waals surface area contributed by atoms with Gasteiger partial charge in [-0.2, -0.15) is 0 Å². The zero-order chi connectivity index (χ0) is 8.88. The van der Waals surface area contributed by atoms with Crippen molar-refractivity contribution in [2.75, 3.05) is 0 Å². The van der Waals surface area contributed by atoms with Crippen LogP contribution >= 0.6 is 0 Å². The lowest BCUT2D eigenvalue weighted by Gasteiger charge is -2.48. The summed E-state index contributed by atoms with van der Waals surface area (Å²) in [7, 11) is 0. The Kier molecular flexibility index (Phi) is 1.78. The molecule has 3 aliphatic rings. The second-order valence-electron chi connectivity index (χ2n) is 4.76. The minimum atomic E-state index is 0.356. The van der Waals surface area contributed by atoms with Crippen molar-refractivity contribution in [3.8, 4) is 0 Å². The third-order valence-corrected chi connectivity index (χ3v) is 4.41. The molecule has 5 atom stereocenters. The summed E-state index contributed by atoms with van der Waals surface area (Å²) in [5.74, 6) is 3.42. The van der Waals surface area contributed by atoms with Gasteiger partial charge in [0.05, 0.1) is 0 Å². The molecule has 0 radical (unpaired) electrons. The topological polar surface area (TPSA) is 17.1 Å². The molecule has 1 nitrogen and oxygen atoms in total. The molecule has 0 aromatic carbocycles. The van der Waals surface area contributed by atoms with Crippen LogP contribution in [0.5, 0.6) is 0 Å². The molecule has 68 valence electrons. The molecular weight excluding hydrogens is 148 g/mol. The first-order valence-electron chi connectivity index (χ1n) is 5.16. The fourth-order valence-electron chi connectivity index (χ4n) is 3.31. The van der Waals surface area contributed by atoms with Crippen molar-refractivity contribution in [1.29, 1.82) is 0 Å². The molecule has 0 amide bonds. The van der Waals surface area contributed by atoms with E-state index in [-0.39, 0.29) is 0 Å². The van der Waals surface area contributed by atoms with Gasteiger partial charge in [0, 0.05) is 11.8 Å². The number of fused-ring (bicyclic) bond motifs is 3. The summed E-state index contributed by atoms with van der Waals surface area (Å²) in [5.41, 5.74) is 0. The molecule has 12 heavy (non-hydrogen) atoms. The van der Waals surface area contributed by atoms with Gasteiger partial charge in [0.2, 0.25) is 0 Å². The maximum absolute atomic E-state index is 11.7. The van der Waals surface area contributed by atoms with Gasteiger partial charge in [-0.15, -0.1) is 0 Å². The van der Waals surface area contributed by atoms with Gasteiger partial charge in [0.1, 0.15) is 5.78 Å². The summed E-state index contributed by atoms with van der Waals surface area (Å²) in [6.07, 6.45) is 2.46. The number of ketones is 1. The third kappa shape index (κ3) is 0.884. The molecule has 2 bridgehead atoms. The number of carbonyl (C=O) groups is 1. The second kappa shape index (κ2) is 2.58. The number of hydrogen-bond donors (Lipinski definition) is 0. The Morgan fingerprint density at radius 2 is 1.75 bits per heavy atom. The molecule has 3 saturated carbocycles. The highest BCUT2D eigenvalue weighted by Gasteiger charge is 2.47. The number of Topliss-reactive ketones (excluding diaryl/α,β-unsaturated/α-hetero) is 1. The van der Waals surface area contributed by atoms with Crippen LogP contribution in [0.4, 0.5) is 0 Å². The number of hydrogen-bond acceptors (Lipinski definition) is 1. The first-order chi connectivity index (χ1) is 5.63. The minimum absolute atomic E-state index is 0.356. The lowest BCUT2D eigenvalue weighted by atomic mass is 9.55. The highest BCUT2D eigenvalue weighted by molar-refractivity contribution is 5.85. The van der Waals surface area contributed by atoms with Crippen LogP contribution in [0.25, 0.3) is 0 Å². The zero-order valence-corrected chi connectivity index (χ0v) is 8.21. The van der Waals surface area contributed by atoms with Gasteiger partial charge in [-0.1, -0.05) is 20.8 Å². The molecule has 0 N–H and O–H groups in total. The molecule has 0 spiro atoms. The Bertz CT molecular complexity index is 209. The summed E-state index contributed by atoms with van der Waals surface area (Å²) in [6, 6.07) is 0. The van der Waals surface area contributed by atoms with Crippen LogP contribution in [-0.2, 0) is 4.79 Å². The van der Waals surface area contributed by atoms with E-state index in [1.54, 1.807) is 0 Å². The summed E-state index contributed by atoms with van der Waals surface area (Å²) in [6.45, 7) is 6.71. The summed E-state index contributed by atoms with van der Waals surface area (Å²) in [5, 5.41) is 0. The Balaban J connectivity index is 2.28. The van der Waals surface area contributed by atoms with Gasteiger partial charge in [0.25, 0.3) is 0 Å². The van der Waals surface area contributed by atoms with Crippen molar-refractivity contribution >= 4 is 5.78 Å². The van der Waals surface area contributed by atoms with Crippen molar-refractivity contribution in [1.82, 2.24) is 0 Å². The van der Waals surface area contributed by atoms with Crippen molar-refractivity contribution in [2.45, 2.75) is 33.6 Å². The molecule has 3 aliphatic carbocycles. The lowest BCUT2D eigenvalue weighted by molar-refractivity contribution is -0.142. The van der Waals surface area contributed by atoms with Gasteiger partial charge in [-0.05, 0) is 30.6 Å². The first kappa shape index (κ1) is 8.28. The first-order valence-corrected chi connectivity index (χ1v) is 5.16. The van der Waals surface area contributed by atoms with E-state index in [0.29, 0.717) is 29.5 Å². The average molecular weight is 166 g/mol. The standard InChI is InChI=1S/C11H18O/c1-6-7(2)10-5-4-9(6)8(3)11(10)12/h6-10H,4-5H2,1-3H3/t6-,7+,8+,9+,10-/m0/s1. The monoisotopic (exact) mass is 166 g/mol. The maximum atomic E-state index is 11.7. The van der Waals surface area contributed by atoms with E-state index in [9.17, 15) is 4.79 Å². The molecule has 1 heteroatoms. The lowest BCUT2D eigenvalue weighted by Crippen LogP contribution is -2.48. The Morgan fingerprint density at radius 3 is 2.33 bits per heavy atom. The minimum Gasteiger partial charge on any atom is -0.299 e. The van der Waals surface area contributed by atoms with E-state index in [2.05, 4.69) is 20.8 Å². The van der Waals surface area contributed by atoms with E-state index in [1.165, 1.54) is 12.8 Å². The molecule has 0 unspecified atom stereocenters. The molecule has 0 aliphatic heterocycles. The van der Waals surface area contributed by atoms with Crippen LogP contribution in [0.3, 0.4) is 0 Å². The normalized spacial score (nSPS) is 52.9. The largest absolute Gasteiger partial charge is 0.299 e. The van der Waals surface area contributed by atoms with Crippen molar-refractivity contribution in [3.63, 3.8) is 0 Å². The van der Waals surface area contributed by atoms with Crippen molar-refractivity contribution in [2.24, 2.45) is 29.6 Å². The zero-order valence-electron chi connectivity index (χ0n) is 8.21.